The molecule has 3 aromatic carbocycles. The van der Waals surface area contributed by atoms with Crippen LogP contribution < -0.4 is 4.74 Å². The van der Waals surface area contributed by atoms with Crippen molar-refractivity contribution < 1.29 is 47.7 Å². The molecule has 0 radical (unpaired) electrons. The molecule has 0 amide bonds. The van der Waals surface area contributed by atoms with Crippen molar-refractivity contribution in [2.24, 2.45) is 10.2 Å². The summed E-state index contributed by atoms with van der Waals surface area (Å²) in [5.74, 6) is -3.16. The summed E-state index contributed by atoms with van der Waals surface area (Å²) < 4.78 is 24.4. The Kier molecular flexibility index (Phi) is 10.4. The number of azo groups is 1. The van der Waals surface area contributed by atoms with E-state index in [4.69, 9.17) is 14.2 Å². The minimum absolute atomic E-state index is 0.148. The van der Waals surface area contributed by atoms with Gasteiger partial charge in [-0.2, -0.15) is 10.2 Å². The highest BCUT2D eigenvalue weighted by Gasteiger charge is 2.20. The van der Waals surface area contributed by atoms with Crippen molar-refractivity contribution in [3.8, 4) is 5.75 Å². The Balaban J connectivity index is 1.54. The smallest absolute Gasteiger partial charge is 0.346 e. The molecule has 2 unspecified atom stereocenters. The van der Waals surface area contributed by atoms with Gasteiger partial charge in [-0.05, 0) is 86.6 Å². The summed E-state index contributed by atoms with van der Waals surface area (Å²) in [6.07, 6.45) is -2.10. The van der Waals surface area contributed by atoms with Crippen LogP contribution in [0.4, 0.5) is 11.4 Å². The maximum Gasteiger partial charge on any atom is 0.346 e. The second-order valence-electron chi connectivity index (χ2n) is 8.35. The monoisotopic (exact) mass is 562 g/mol. The van der Waals surface area contributed by atoms with E-state index in [2.05, 4.69) is 19.7 Å². The minimum Gasteiger partial charge on any atom is -0.466 e. The van der Waals surface area contributed by atoms with Crippen LogP contribution in [0.3, 0.4) is 0 Å². The van der Waals surface area contributed by atoms with E-state index in [9.17, 15) is 24.0 Å². The van der Waals surface area contributed by atoms with E-state index in [0.29, 0.717) is 11.4 Å². The second-order valence-corrected chi connectivity index (χ2v) is 8.35. The normalized spacial score (nSPS) is 12.1. The molecule has 0 aromatic heterocycles. The third-order valence-electron chi connectivity index (χ3n) is 5.42. The highest BCUT2D eigenvalue weighted by molar-refractivity contribution is 5.95. The molecular weight excluding hydrogens is 536 g/mol. The van der Waals surface area contributed by atoms with Gasteiger partial charge in [-0.3, -0.25) is 0 Å². The first-order chi connectivity index (χ1) is 19.6. The lowest BCUT2D eigenvalue weighted by atomic mass is 10.1. The number of benzene rings is 3. The highest BCUT2D eigenvalue weighted by Crippen LogP contribution is 2.23. The van der Waals surface area contributed by atoms with Gasteiger partial charge >= 0.3 is 29.8 Å². The number of rotatable bonds is 10. The SMILES string of the molecule is COC(=O)C(C)OC(=O)c1ccc(N=Nc2ccc(OC(=O)c3ccc(C(=O)OC(C)C(=O)OC)cc3)cc2)cc1. The van der Waals surface area contributed by atoms with Crippen LogP contribution in [-0.2, 0) is 28.5 Å². The summed E-state index contributed by atoms with van der Waals surface area (Å²) >= 11 is 0. The topological polar surface area (TPSA) is 156 Å². The van der Waals surface area contributed by atoms with Gasteiger partial charge in [0, 0.05) is 0 Å². The zero-order valence-electron chi connectivity index (χ0n) is 22.6. The number of hydrogen-bond donors (Lipinski definition) is 0. The third-order valence-corrected chi connectivity index (χ3v) is 5.42. The number of esters is 5. The lowest BCUT2D eigenvalue weighted by Gasteiger charge is -2.11. The first-order valence-electron chi connectivity index (χ1n) is 12.1. The predicted octanol–water partition coefficient (Wildman–Crippen LogP) is 4.76. The van der Waals surface area contributed by atoms with E-state index in [-0.39, 0.29) is 22.4 Å². The first kappa shape index (κ1) is 30.2. The molecule has 0 aliphatic carbocycles. The summed E-state index contributed by atoms with van der Waals surface area (Å²) in [7, 11) is 2.39. The number of methoxy groups -OCH3 is 2. The van der Waals surface area contributed by atoms with Crippen LogP contribution in [0.1, 0.15) is 44.9 Å². The van der Waals surface area contributed by atoms with Crippen molar-refractivity contribution in [1.29, 1.82) is 0 Å². The Bertz CT molecular complexity index is 1430. The van der Waals surface area contributed by atoms with Crippen molar-refractivity contribution >= 4 is 41.2 Å². The third kappa shape index (κ3) is 8.55. The average molecular weight is 563 g/mol. The van der Waals surface area contributed by atoms with E-state index >= 15 is 0 Å². The Morgan fingerprint density at radius 1 is 0.537 bits per heavy atom. The number of carbonyl (C=O) groups excluding carboxylic acids is 5. The molecule has 2 atom stereocenters. The molecule has 0 N–H and O–H groups in total. The molecule has 0 saturated carbocycles. The van der Waals surface area contributed by atoms with Gasteiger partial charge in [0.25, 0.3) is 0 Å². The maximum absolute atomic E-state index is 12.5. The molecule has 41 heavy (non-hydrogen) atoms. The standard InChI is InChI=1S/C29H26N2O10/c1-17(25(32)37-3)39-27(34)19-5-7-20(8-6-19)29(36)41-24-15-13-23(14-16-24)31-30-22-11-9-21(10-12-22)28(35)40-18(2)26(33)38-4/h5-18H,1-4H3. The van der Waals surface area contributed by atoms with Gasteiger partial charge in [0.1, 0.15) is 5.75 Å². The molecule has 12 nitrogen and oxygen atoms in total. The molecule has 212 valence electrons. The summed E-state index contributed by atoms with van der Waals surface area (Å²) in [4.78, 5) is 59.5. The van der Waals surface area contributed by atoms with Gasteiger partial charge in [0.2, 0.25) is 0 Å². The van der Waals surface area contributed by atoms with Crippen LogP contribution in [-0.4, -0.2) is 56.3 Å². The fourth-order valence-electron chi connectivity index (χ4n) is 3.15. The van der Waals surface area contributed by atoms with Crippen LogP contribution in [0.25, 0.3) is 0 Å². The quantitative estimate of drug-likeness (QED) is 0.146. The van der Waals surface area contributed by atoms with E-state index in [1.807, 2.05) is 0 Å². The number of carbonyl (C=O) groups is 5. The Labute approximate surface area is 234 Å². The maximum atomic E-state index is 12.5. The molecule has 0 aliphatic rings. The van der Waals surface area contributed by atoms with Crippen LogP contribution in [0.5, 0.6) is 5.75 Å². The fraction of sp³-hybridized carbons (Fsp3) is 0.207. The molecule has 0 fully saturated rings. The van der Waals surface area contributed by atoms with Crippen molar-refractivity contribution in [1.82, 2.24) is 0 Å². The number of nitrogens with zero attached hydrogens (tertiary/aromatic N) is 2. The van der Waals surface area contributed by atoms with E-state index in [1.54, 1.807) is 24.3 Å². The number of ether oxygens (including phenoxy) is 5. The highest BCUT2D eigenvalue weighted by atomic mass is 16.6. The van der Waals surface area contributed by atoms with Crippen molar-refractivity contribution in [2.45, 2.75) is 26.1 Å². The molecule has 12 heteroatoms. The first-order valence-corrected chi connectivity index (χ1v) is 12.1. The summed E-state index contributed by atoms with van der Waals surface area (Å²) in [5, 5.41) is 8.21. The molecule has 0 spiro atoms. The van der Waals surface area contributed by atoms with E-state index in [1.165, 1.54) is 76.6 Å². The van der Waals surface area contributed by atoms with Gasteiger partial charge in [0.05, 0.1) is 42.3 Å². The lowest BCUT2D eigenvalue weighted by molar-refractivity contribution is -0.150. The number of hydrogen-bond acceptors (Lipinski definition) is 12. The predicted molar refractivity (Wildman–Crippen MR) is 142 cm³/mol. The van der Waals surface area contributed by atoms with Crippen molar-refractivity contribution in [3.05, 3.63) is 89.5 Å². The minimum atomic E-state index is -1.07. The lowest BCUT2D eigenvalue weighted by Crippen LogP contribution is -2.25. The Morgan fingerprint density at radius 3 is 1.27 bits per heavy atom. The molecule has 0 aliphatic heterocycles. The van der Waals surface area contributed by atoms with Gasteiger partial charge in [-0.25, -0.2) is 24.0 Å². The van der Waals surface area contributed by atoms with Crippen LogP contribution >= 0.6 is 0 Å². The molecule has 0 saturated heterocycles. The van der Waals surface area contributed by atoms with Crippen LogP contribution in [0, 0.1) is 0 Å². The van der Waals surface area contributed by atoms with E-state index in [0.717, 1.165) is 0 Å². The van der Waals surface area contributed by atoms with Gasteiger partial charge in [-0.1, -0.05) is 0 Å². The van der Waals surface area contributed by atoms with Crippen LogP contribution in [0.15, 0.2) is 83.0 Å². The molecular formula is C29H26N2O10. The van der Waals surface area contributed by atoms with Crippen LogP contribution in [0.2, 0.25) is 0 Å². The summed E-state index contributed by atoms with van der Waals surface area (Å²) in [6, 6.07) is 17.9. The largest absolute Gasteiger partial charge is 0.466 e. The second kappa shape index (κ2) is 14.1. The zero-order chi connectivity index (χ0) is 29.9. The summed E-state index contributed by atoms with van der Waals surface area (Å²) in [6.45, 7) is 2.80. The van der Waals surface area contributed by atoms with Crippen molar-refractivity contribution in [2.75, 3.05) is 14.2 Å². The van der Waals surface area contributed by atoms with Gasteiger partial charge < -0.3 is 23.7 Å². The molecule has 3 aromatic rings. The van der Waals surface area contributed by atoms with Gasteiger partial charge in [-0.15, -0.1) is 0 Å². The average Bonchev–Trinajstić information content (AvgIpc) is 2.99. The fourth-order valence-corrected chi connectivity index (χ4v) is 3.15. The Hall–Kier alpha value is -5.39. The molecule has 0 bridgehead atoms. The summed E-state index contributed by atoms with van der Waals surface area (Å²) in [5.41, 5.74) is 1.51. The van der Waals surface area contributed by atoms with Crippen molar-refractivity contribution in [3.63, 3.8) is 0 Å². The van der Waals surface area contributed by atoms with E-state index < -0.39 is 42.1 Å². The molecule has 0 heterocycles. The Morgan fingerprint density at radius 2 is 0.878 bits per heavy atom. The van der Waals surface area contributed by atoms with Gasteiger partial charge in [0.15, 0.2) is 12.2 Å². The molecule has 3 rings (SSSR count). The zero-order valence-corrected chi connectivity index (χ0v) is 22.6.